The first-order valence-electron chi connectivity index (χ1n) is 9.05. The second kappa shape index (κ2) is 7.85. The molecule has 0 aromatic heterocycles. The normalized spacial score (nSPS) is 23.7. The number of nitrogens with zero attached hydrogens (tertiary/aromatic N) is 2. The first-order chi connectivity index (χ1) is 11.6. The molecule has 132 valence electrons. The molecule has 0 aliphatic carbocycles. The molecule has 1 amide bonds. The van der Waals surface area contributed by atoms with Gasteiger partial charge in [-0.05, 0) is 30.0 Å². The molecular formula is C19H28ClN3O. The summed E-state index contributed by atoms with van der Waals surface area (Å²) in [4.78, 5) is 17.8. The molecule has 0 spiro atoms. The van der Waals surface area contributed by atoms with Gasteiger partial charge in [0.05, 0.1) is 5.92 Å². The quantitative estimate of drug-likeness (QED) is 0.907. The number of carbonyl (C=O) groups is 1. The number of piperazine rings is 1. The zero-order chi connectivity index (χ0) is 17.1. The Balaban J connectivity index is 1.69. The second-order valence-electron chi connectivity index (χ2n) is 7.29. The van der Waals surface area contributed by atoms with Gasteiger partial charge in [-0.1, -0.05) is 37.6 Å². The van der Waals surface area contributed by atoms with Gasteiger partial charge in [-0.3, -0.25) is 9.69 Å². The van der Waals surface area contributed by atoms with E-state index in [1.54, 1.807) is 0 Å². The molecule has 0 saturated carbocycles. The average Bonchev–Trinajstić information content (AvgIpc) is 3.05. The molecule has 2 saturated heterocycles. The van der Waals surface area contributed by atoms with Crippen molar-refractivity contribution in [2.75, 3.05) is 39.3 Å². The minimum Gasteiger partial charge on any atom is -0.341 e. The molecule has 2 atom stereocenters. The van der Waals surface area contributed by atoms with Crippen LogP contribution in [-0.4, -0.2) is 61.0 Å². The Morgan fingerprint density at radius 1 is 1.25 bits per heavy atom. The molecule has 3 rings (SSSR count). The van der Waals surface area contributed by atoms with E-state index in [9.17, 15) is 4.79 Å². The summed E-state index contributed by atoms with van der Waals surface area (Å²) in [5, 5.41) is 4.10. The van der Waals surface area contributed by atoms with Crippen LogP contribution in [0.3, 0.4) is 0 Å². The van der Waals surface area contributed by atoms with Crippen molar-refractivity contribution in [2.24, 2.45) is 5.92 Å². The number of hydrogen-bond acceptors (Lipinski definition) is 3. The van der Waals surface area contributed by atoms with Crippen LogP contribution in [0.2, 0.25) is 5.02 Å². The van der Waals surface area contributed by atoms with E-state index >= 15 is 0 Å². The maximum Gasteiger partial charge on any atom is 0.230 e. The third kappa shape index (κ3) is 3.93. The molecule has 1 aromatic rings. The van der Waals surface area contributed by atoms with Crippen molar-refractivity contribution in [3.63, 3.8) is 0 Å². The average molecular weight is 350 g/mol. The Labute approximate surface area is 150 Å². The first kappa shape index (κ1) is 17.7. The van der Waals surface area contributed by atoms with Crippen molar-refractivity contribution in [2.45, 2.75) is 32.2 Å². The molecule has 24 heavy (non-hydrogen) atoms. The molecule has 0 bridgehead atoms. The number of likely N-dealkylation sites (tertiary alicyclic amines) is 1. The van der Waals surface area contributed by atoms with Gasteiger partial charge >= 0.3 is 0 Å². The molecule has 2 unspecified atom stereocenters. The van der Waals surface area contributed by atoms with E-state index in [1.165, 1.54) is 0 Å². The predicted octanol–water partition coefficient (Wildman–Crippen LogP) is 2.59. The summed E-state index contributed by atoms with van der Waals surface area (Å²) >= 11 is 6.15. The smallest absolute Gasteiger partial charge is 0.230 e. The second-order valence-corrected chi connectivity index (χ2v) is 7.73. The SMILES string of the molecule is CC(C)C(C(=O)N1CCC(N2CCNCC2)C1)c1cccc(Cl)c1. The van der Waals surface area contributed by atoms with Crippen molar-refractivity contribution >= 4 is 17.5 Å². The lowest BCUT2D eigenvalue weighted by Crippen LogP contribution is -2.49. The Morgan fingerprint density at radius 3 is 2.67 bits per heavy atom. The van der Waals surface area contributed by atoms with Crippen molar-refractivity contribution in [3.05, 3.63) is 34.9 Å². The Kier molecular flexibility index (Phi) is 5.80. The van der Waals surface area contributed by atoms with Gasteiger partial charge < -0.3 is 10.2 Å². The minimum atomic E-state index is -0.106. The van der Waals surface area contributed by atoms with Crippen LogP contribution in [-0.2, 0) is 4.79 Å². The number of nitrogens with one attached hydrogen (secondary N) is 1. The van der Waals surface area contributed by atoms with Crippen molar-refractivity contribution in [1.82, 2.24) is 15.1 Å². The summed E-state index contributed by atoms with van der Waals surface area (Å²) in [5.41, 5.74) is 1.04. The van der Waals surface area contributed by atoms with Gasteiger partial charge in [0.2, 0.25) is 5.91 Å². The fourth-order valence-corrected chi connectivity index (χ4v) is 4.20. The van der Waals surface area contributed by atoms with Gasteiger partial charge in [0.25, 0.3) is 0 Å². The lowest BCUT2D eigenvalue weighted by Gasteiger charge is -2.33. The number of hydrogen-bond donors (Lipinski definition) is 1. The monoisotopic (exact) mass is 349 g/mol. The Morgan fingerprint density at radius 2 is 2.00 bits per heavy atom. The lowest BCUT2D eigenvalue weighted by atomic mass is 9.87. The largest absolute Gasteiger partial charge is 0.341 e. The number of rotatable bonds is 4. The maximum atomic E-state index is 13.2. The van der Waals surface area contributed by atoms with Crippen LogP contribution in [0.15, 0.2) is 24.3 Å². The molecule has 1 aromatic carbocycles. The molecule has 0 radical (unpaired) electrons. The predicted molar refractivity (Wildman–Crippen MR) is 98.5 cm³/mol. The standard InChI is InChI=1S/C19H28ClN3O/c1-14(2)18(15-4-3-5-16(20)12-15)19(24)23-9-6-17(13-23)22-10-7-21-8-11-22/h3-5,12,14,17-18,21H,6-11,13H2,1-2H3. The topological polar surface area (TPSA) is 35.6 Å². The summed E-state index contributed by atoms with van der Waals surface area (Å²) in [5.74, 6) is 0.407. The van der Waals surface area contributed by atoms with Crippen LogP contribution in [0.4, 0.5) is 0 Å². The van der Waals surface area contributed by atoms with Gasteiger partial charge in [-0.25, -0.2) is 0 Å². The summed E-state index contributed by atoms with van der Waals surface area (Å²) in [6.45, 7) is 10.3. The maximum absolute atomic E-state index is 13.2. The van der Waals surface area contributed by atoms with Gasteiger partial charge in [0.1, 0.15) is 0 Å². The van der Waals surface area contributed by atoms with E-state index in [0.29, 0.717) is 11.1 Å². The summed E-state index contributed by atoms with van der Waals surface area (Å²) in [6, 6.07) is 8.28. The van der Waals surface area contributed by atoms with Crippen LogP contribution < -0.4 is 5.32 Å². The minimum absolute atomic E-state index is 0.106. The number of halogens is 1. The molecule has 2 fully saturated rings. The van der Waals surface area contributed by atoms with E-state index in [2.05, 4.69) is 29.0 Å². The zero-order valence-electron chi connectivity index (χ0n) is 14.7. The highest BCUT2D eigenvalue weighted by molar-refractivity contribution is 6.30. The van der Waals surface area contributed by atoms with Crippen molar-refractivity contribution in [1.29, 1.82) is 0 Å². The molecule has 5 heteroatoms. The summed E-state index contributed by atoms with van der Waals surface area (Å²) < 4.78 is 0. The number of benzene rings is 1. The van der Waals surface area contributed by atoms with Gasteiger partial charge in [0, 0.05) is 50.3 Å². The zero-order valence-corrected chi connectivity index (χ0v) is 15.4. The molecular weight excluding hydrogens is 322 g/mol. The fourth-order valence-electron chi connectivity index (χ4n) is 4.00. The first-order valence-corrected chi connectivity index (χ1v) is 9.43. The molecule has 2 heterocycles. The summed E-state index contributed by atoms with van der Waals surface area (Å²) in [7, 11) is 0. The van der Waals surface area contributed by atoms with E-state index in [0.717, 1.165) is 51.3 Å². The Bertz CT molecular complexity index is 571. The van der Waals surface area contributed by atoms with Crippen LogP contribution in [0.5, 0.6) is 0 Å². The molecule has 1 N–H and O–H groups in total. The Hall–Kier alpha value is -1.10. The van der Waals surface area contributed by atoms with Crippen LogP contribution in [0.1, 0.15) is 31.7 Å². The van der Waals surface area contributed by atoms with Crippen LogP contribution in [0.25, 0.3) is 0 Å². The third-order valence-corrected chi connectivity index (χ3v) is 5.52. The van der Waals surface area contributed by atoms with Crippen molar-refractivity contribution in [3.8, 4) is 0 Å². The van der Waals surface area contributed by atoms with Gasteiger partial charge in [-0.2, -0.15) is 0 Å². The van der Waals surface area contributed by atoms with Crippen LogP contribution >= 0.6 is 11.6 Å². The molecule has 2 aliphatic heterocycles. The van der Waals surface area contributed by atoms with E-state index in [1.807, 2.05) is 24.3 Å². The highest BCUT2D eigenvalue weighted by atomic mass is 35.5. The van der Waals surface area contributed by atoms with Gasteiger partial charge in [0.15, 0.2) is 0 Å². The number of carbonyl (C=O) groups excluding carboxylic acids is 1. The van der Waals surface area contributed by atoms with Gasteiger partial charge in [-0.15, -0.1) is 0 Å². The number of amides is 1. The van der Waals surface area contributed by atoms with E-state index < -0.39 is 0 Å². The fraction of sp³-hybridized carbons (Fsp3) is 0.632. The third-order valence-electron chi connectivity index (χ3n) is 5.28. The van der Waals surface area contributed by atoms with Crippen molar-refractivity contribution < 1.29 is 4.79 Å². The highest BCUT2D eigenvalue weighted by Gasteiger charge is 2.35. The molecule has 4 nitrogen and oxygen atoms in total. The lowest BCUT2D eigenvalue weighted by molar-refractivity contribution is -0.133. The highest BCUT2D eigenvalue weighted by Crippen LogP contribution is 2.30. The van der Waals surface area contributed by atoms with Crippen LogP contribution in [0, 0.1) is 5.92 Å². The van der Waals surface area contributed by atoms with E-state index in [-0.39, 0.29) is 17.7 Å². The van der Waals surface area contributed by atoms with E-state index in [4.69, 9.17) is 11.6 Å². The summed E-state index contributed by atoms with van der Waals surface area (Å²) in [6.07, 6.45) is 1.09. The molecule has 2 aliphatic rings.